The van der Waals surface area contributed by atoms with E-state index in [1.807, 2.05) is 12.1 Å². The number of alkyl halides is 6. The van der Waals surface area contributed by atoms with Crippen molar-refractivity contribution >= 4 is 17.9 Å². The number of carboxylic acids is 2. The van der Waals surface area contributed by atoms with Crippen molar-refractivity contribution in [3.8, 4) is 11.5 Å². The number of hydrogen-bond acceptors (Lipinski definition) is 9. The topological polar surface area (TPSA) is 143 Å². The van der Waals surface area contributed by atoms with Gasteiger partial charge in [-0.1, -0.05) is 6.07 Å². The van der Waals surface area contributed by atoms with Gasteiger partial charge >= 0.3 is 24.3 Å². The van der Waals surface area contributed by atoms with Crippen LogP contribution >= 0.6 is 0 Å². The van der Waals surface area contributed by atoms with Crippen LogP contribution in [0.25, 0.3) is 0 Å². The molecule has 3 N–H and O–H groups in total. The Bertz CT molecular complexity index is 1130. The van der Waals surface area contributed by atoms with Crippen LogP contribution in [-0.4, -0.2) is 88.5 Å². The van der Waals surface area contributed by atoms with Crippen molar-refractivity contribution in [1.82, 2.24) is 14.9 Å². The fourth-order valence-electron chi connectivity index (χ4n) is 4.13. The second-order valence-corrected chi connectivity index (χ2v) is 8.74. The Hall–Kier alpha value is -3.86. The van der Waals surface area contributed by atoms with Crippen molar-refractivity contribution in [1.29, 1.82) is 0 Å². The van der Waals surface area contributed by atoms with E-state index in [0.717, 1.165) is 44.3 Å². The predicted molar refractivity (Wildman–Crippen MR) is 122 cm³/mol. The Morgan fingerprint density at radius 1 is 0.975 bits per heavy atom. The van der Waals surface area contributed by atoms with Crippen LogP contribution in [0.15, 0.2) is 36.7 Å². The third kappa shape index (κ3) is 8.84. The van der Waals surface area contributed by atoms with E-state index in [0.29, 0.717) is 30.7 Å². The molecule has 0 amide bonds. The number of aliphatic carboxylic acids is 2. The third-order valence-corrected chi connectivity index (χ3v) is 5.93. The maximum absolute atomic E-state index is 10.6. The van der Waals surface area contributed by atoms with Crippen LogP contribution in [0, 0.1) is 11.8 Å². The quantitative estimate of drug-likeness (QED) is 0.448. The lowest BCUT2D eigenvalue weighted by Crippen LogP contribution is -2.27. The summed E-state index contributed by atoms with van der Waals surface area (Å²) in [7, 11) is 0. The summed E-state index contributed by atoms with van der Waals surface area (Å²) >= 11 is 0. The van der Waals surface area contributed by atoms with Crippen LogP contribution in [0.3, 0.4) is 0 Å². The minimum absolute atomic E-state index is 0.320. The highest BCUT2D eigenvalue weighted by Gasteiger charge is 2.43. The summed E-state index contributed by atoms with van der Waals surface area (Å²) in [5.74, 6) is -2.09. The van der Waals surface area contributed by atoms with Crippen LogP contribution in [-0.2, 0) is 20.9 Å². The van der Waals surface area contributed by atoms with E-state index >= 15 is 0 Å². The highest BCUT2D eigenvalue weighted by molar-refractivity contribution is 5.73. The highest BCUT2D eigenvalue weighted by Crippen LogP contribution is 2.36. The van der Waals surface area contributed by atoms with Crippen molar-refractivity contribution < 1.29 is 60.4 Å². The number of halogens is 6. The van der Waals surface area contributed by atoms with Crippen LogP contribution in [0.4, 0.5) is 32.3 Å². The lowest BCUT2D eigenvalue weighted by molar-refractivity contribution is -0.193. The van der Waals surface area contributed by atoms with Crippen molar-refractivity contribution in [3.63, 3.8) is 0 Å². The molecule has 0 bridgehead atoms. The molecule has 3 aliphatic rings. The number of carbonyl (C=O) groups is 2. The van der Waals surface area contributed by atoms with E-state index in [1.54, 1.807) is 12.4 Å². The average Bonchev–Trinajstić information content (AvgIpc) is 3.59. The molecule has 40 heavy (non-hydrogen) atoms. The molecule has 1 aromatic heterocycles. The fraction of sp³-hybridized carbons (Fsp3) is 0.478. The van der Waals surface area contributed by atoms with Gasteiger partial charge in [0.15, 0.2) is 11.5 Å². The van der Waals surface area contributed by atoms with Gasteiger partial charge in [-0.2, -0.15) is 26.3 Å². The molecule has 220 valence electrons. The van der Waals surface area contributed by atoms with Crippen molar-refractivity contribution in [2.45, 2.75) is 25.0 Å². The summed E-state index contributed by atoms with van der Waals surface area (Å²) in [5, 5.41) is 17.6. The number of hydrogen-bond donors (Lipinski definition) is 3. The number of fused-ring (bicyclic) bond motifs is 2. The van der Waals surface area contributed by atoms with Gasteiger partial charge in [0.1, 0.15) is 0 Å². The Kier molecular flexibility index (Phi) is 9.97. The summed E-state index contributed by atoms with van der Waals surface area (Å²) in [6.07, 6.45) is -6.33. The van der Waals surface area contributed by atoms with Gasteiger partial charge in [0.05, 0.1) is 12.7 Å². The van der Waals surface area contributed by atoms with Crippen LogP contribution in [0.2, 0.25) is 0 Å². The molecule has 0 spiro atoms. The van der Waals surface area contributed by atoms with Crippen molar-refractivity contribution in [3.05, 3.63) is 42.2 Å². The zero-order valence-electron chi connectivity index (χ0n) is 20.5. The normalized spacial score (nSPS) is 21.4. The molecule has 17 heteroatoms. The van der Waals surface area contributed by atoms with E-state index in [2.05, 4.69) is 32.3 Å². The van der Waals surface area contributed by atoms with Gasteiger partial charge in [0, 0.05) is 50.4 Å². The van der Waals surface area contributed by atoms with Gasteiger partial charge in [-0.3, -0.25) is 4.90 Å². The first-order valence-corrected chi connectivity index (χ1v) is 11.6. The van der Waals surface area contributed by atoms with E-state index in [9.17, 15) is 26.3 Å². The van der Waals surface area contributed by atoms with E-state index in [1.165, 1.54) is 5.56 Å². The highest BCUT2D eigenvalue weighted by atomic mass is 19.4. The molecule has 3 aliphatic heterocycles. The number of rotatable bonds is 5. The zero-order valence-corrected chi connectivity index (χ0v) is 20.5. The van der Waals surface area contributed by atoms with Crippen LogP contribution in [0.1, 0.15) is 5.56 Å². The minimum atomic E-state index is -5.08. The van der Waals surface area contributed by atoms with E-state index in [4.69, 9.17) is 34.0 Å². The van der Waals surface area contributed by atoms with Gasteiger partial charge in [0.2, 0.25) is 12.7 Å². The summed E-state index contributed by atoms with van der Waals surface area (Å²) in [6, 6.07) is 8.03. The van der Waals surface area contributed by atoms with Crippen LogP contribution in [0.5, 0.6) is 11.5 Å². The molecule has 0 saturated carbocycles. The largest absolute Gasteiger partial charge is 0.490 e. The number of anilines is 1. The van der Waals surface area contributed by atoms with Gasteiger partial charge in [0.25, 0.3) is 0 Å². The van der Waals surface area contributed by atoms with Crippen molar-refractivity contribution in [2.24, 2.45) is 11.8 Å². The second-order valence-electron chi connectivity index (χ2n) is 8.74. The molecule has 2 saturated heterocycles. The number of nitrogens with one attached hydrogen (secondary N) is 1. The maximum atomic E-state index is 10.6. The summed E-state index contributed by atoms with van der Waals surface area (Å²) in [6.45, 7) is 4.93. The smallest absolute Gasteiger partial charge is 0.475 e. The molecule has 11 nitrogen and oxygen atoms in total. The molecule has 4 heterocycles. The minimum Gasteiger partial charge on any atom is -0.475 e. The Morgan fingerprint density at radius 2 is 1.57 bits per heavy atom. The van der Waals surface area contributed by atoms with E-state index in [-0.39, 0.29) is 0 Å². The second kappa shape index (κ2) is 13.0. The number of ether oxygens (including phenoxy) is 3. The number of aromatic nitrogens is 2. The number of nitrogens with zero attached hydrogens (tertiary/aromatic N) is 3. The fourth-order valence-corrected chi connectivity index (χ4v) is 4.13. The summed E-state index contributed by atoms with van der Waals surface area (Å²) in [4.78, 5) is 28.7. The zero-order chi connectivity index (χ0) is 29.5. The maximum Gasteiger partial charge on any atom is 0.490 e. The standard InChI is InChI=1S/C19H22N4O3.2C2HF3O2/c1-4-20-19(21-5-1)22-7-14-11-24-18-10-23(9-15(14)18)8-13-2-3-16-17(6-13)26-12-25-16;2*3-2(4,5)1(6)7/h1-6,14-15,18H,7-12H2,(H,20,21,22);2*(H,6,7)/t14-,15+,18+;;/m0../s1. The van der Waals surface area contributed by atoms with Crippen molar-refractivity contribution in [2.75, 3.05) is 38.4 Å². The molecule has 2 fully saturated rings. The van der Waals surface area contributed by atoms with E-state index < -0.39 is 24.3 Å². The Labute approximate surface area is 222 Å². The molecule has 0 radical (unpaired) electrons. The predicted octanol–water partition coefficient (Wildman–Crippen LogP) is 3.03. The molecule has 1 aromatic carbocycles. The third-order valence-electron chi connectivity index (χ3n) is 5.93. The number of benzene rings is 1. The van der Waals surface area contributed by atoms with Gasteiger partial charge < -0.3 is 29.7 Å². The average molecular weight is 582 g/mol. The SMILES string of the molecule is O=C(O)C(F)(F)F.O=C(O)C(F)(F)F.c1cnc(NC[C@H]2CO[C@@H]3CN(Cc4ccc5c(c4)OCO5)C[C@H]23)nc1. The Morgan fingerprint density at radius 3 is 2.17 bits per heavy atom. The molecule has 5 rings (SSSR count). The molecule has 3 atom stereocenters. The van der Waals surface area contributed by atoms with Gasteiger partial charge in [-0.15, -0.1) is 0 Å². The summed E-state index contributed by atoms with van der Waals surface area (Å²) in [5.41, 5.74) is 1.25. The van der Waals surface area contributed by atoms with Crippen LogP contribution < -0.4 is 14.8 Å². The lowest BCUT2D eigenvalue weighted by Gasteiger charge is -2.20. The van der Waals surface area contributed by atoms with Gasteiger partial charge in [-0.25, -0.2) is 19.6 Å². The first kappa shape index (κ1) is 30.7. The molecule has 0 aliphatic carbocycles. The monoisotopic (exact) mass is 582 g/mol. The Balaban J connectivity index is 0.000000263. The first-order valence-electron chi connectivity index (χ1n) is 11.6. The number of carboxylic acid groups (broad SMARTS) is 2. The lowest BCUT2D eigenvalue weighted by atomic mass is 9.93. The molecular weight excluding hydrogens is 558 g/mol. The summed E-state index contributed by atoms with van der Waals surface area (Å²) < 4.78 is 80.4. The number of likely N-dealkylation sites (tertiary alicyclic amines) is 1. The molecular formula is C23H24F6N4O7. The first-order chi connectivity index (χ1) is 18.7. The molecule has 0 unspecified atom stereocenters. The molecule has 2 aromatic rings. The van der Waals surface area contributed by atoms with Gasteiger partial charge in [-0.05, 0) is 23.8 Å².